The van der Waals surface area contributed by atoms with E-state index in [2.05, 4.69) is 6.07 Å². The van der Waals surface area contributed by atoms with Crippen LogP contribution >= 0.6 is 11.3 Å². The van der Waals surface area contributed by atoms with Gasteiger partial charge in [0, 0.05) is 11.1 Å². The summed E-state index contributed by atoms with van der Waals surface area (Å²) in [5.41, 5.74) is 3.60. The minimum Gasteiger partial charge on any atom is -0.493 e. The van der Waals surface area contributed by atoms with Gasteiger partial charge in [-0.2, -0.15) is 5.26 Å². The number of fused-ring (bicyclic) bond motifs is 1. The van der Waals surface area contributed by atoms with Gasteiger partial charge >= 0.3 is 5.97 Å². The smallest absolute Gasteiger partial charge is 0.338 e. The number of nitriles is 1. The molecule has 1 aliphatic rings. The zero-order chi connectivity index (χ0) is 35.2. The highest BCUT2D eigenvalue weighted by Crippen LogP contribution is 2.38. The number of methoxy groups -OCH3 is 3. The van der Waals surface area contributed by atoms with Gasteiger partial charge in [-0.3, -0.25) is 9.36 Å². The van der Waals surface area contributed by atoms with Gasteiger partial charge in [-0.05, 0) is 54.5 Å². The first-order chi connectivity index (χ1) is 24.4. The van der Waals surface area contributed by atoms with Crippen molar-refractivity contribution in [3.8, 4) is 29.1 Å². The number of carbonyl (C=O) groups is 1. The number of hydrogen-bond donors (Lipinski definition) is 0. The number of rotatable bonds is 11. The standard InChI is InChI=1S/C39H33N3O7S/c1-5-48-38(44)34-35(25-11-7-6-8-12-25)41-39-42(36(34)26-16-18-29(45-2)32(21-26)47-4)37(43)33(50-39)20-24-15-17-30(31(19-24)46-3)49-23-28-14-10-9-13-27(28)22-40/h6-21,36H,5,23H2,1-4H3/b33-20-/t36-/m1/s1. The normalized spacial score (nSPS) is 13.9. The Morgan fingerprint density at radius 1 is 0.900 bits per heavy atom. The van der Waals surface area contributed by atoms with Crippen molar-refractivity contribution in [2.24, 2.45) is 4.99 Å². The minimum absolute atomic E-state index is 0.139. The van der Waals surface area contributed by atoms with Crippen LogP contribution in [0, 0.1) is 11.3 Å². The molecular weight excluding hydrogens is 655 g/mol. The Bertz CT molecular complexity index is 2320. The average molecular weight is 688 g/mol. The lowest BCUT2D eigenvalue weighted by Crippen LogP contribution is -2.40. The van der Waals surface area contributed by atoms with E-state index in [9.17, 15) is 14.9 Å². The Kier molecular flexibility index (Phi) is 10.1. The largest absolute Gasteiger partial charge is 0.493 e. The summed E-state index contributed by atoms with van der Waals surface area (Å²) in [5.74, 6) is 1.31. The zero-order valence-corrected chi connectivity index (χ0v) is 28.7. The Morgan fingerprint density at radius 3 is 2.32 bits per heavy atom. The summed E-state index contributed by atoms with van der Waals surface area (Å²) >= 11 is 1.21. The predicted octanol–water partition coefficient (Wildman–Crippen LogP) is 5.41. The molecule has 11 heteroatoms. The Hall–Kier alpha value is -6.12. The van der Waals surface area contributed by atoms with Crippen LogP contribution in [0.5, 0.6) is 23.0 Å². The van der Waals surface area contributed by atoms with Gasteiger partial charge in [0.1, 0.15) is 6.61 Å². The molecule has 0 N–H and O–H groups in total. The van der Waals surface area contributed by atoms with Crippen LogP contribution in [0.15, 0.2) is 106 Å². The molecule has 252 valence electrons. The summed E-state index contributed by atoms with van der Waals surface area (Å²) in [6, 6.07) is 28.5. The van der Waals surface area contributed by atoms with Gasteiger partial charge in [0.2, 0.25) is 0 Å². The molecule has 1 atom stereocenters. The Labute approximate surface area is 292 Å². The fourth-order valence-corrected chi connectivity index (χ4v) is 6.73. The van der Waals surface area contributed by atoms with Crippen molar-refractivity contribution in [2.45, 2.75) is 19.6 Å². The monoisotopic (exact) mass is 687 g/mol. The van der Waals surface area contributed by atoms with Crippen molar-refractivity contribution in [1.82, 2.24) is 4.57 Å². The zero-order valence-electron chi connectivity index (χ0n) is 27.8. The van der Waals surface area contributed by atoms with E-state index in [1.807, 2.05) is 48.5 Å². The van der Waals surface area contributed by atoms with Gasteiger partial charge in [0.05, 0.1) is 61.4 Å². The topological polar surface area (TPSA) is 121 Å². The quantitative estimate of drug-likeness (QED) is 0.169. The maximum absolute atomic E-state index is 14.4. The molecule has 0 spiro atoms. The molecule has 0 saturated carbocycles. The fraction of sp³-hybridized carbons (Fsp3) is 0.179. The molecule has 1 aromatic heterocycles. The van der Waals surface area contributed by atoms with E-state index in [-0.39, 0.29) is 24.3 Å². The van der Waals surface area contributed by atoms with Gasteiger partial charge in [-0.25, -0.2) is 9.79 Å². The molecule has 50 heavy (non-hydrogen) atoms. The predicted molar refractivity (Wildman–Crippen MR) is 189 cm³/mol. The third-order valence-electron chi connectivity index (χ3n) is 8.10. The molecule has 10 nitrogen and oxygen atoms in total. The van der Waals surface area contributed by atoms with Gasteiger partial charge in [0.25, 0.3) is 5.56 Å². The molecule has 1 aliphatic heterocycles. The van der Waals surface area contributed by atoms with Crippen molar-refractivity contribution < 1.29 is 28.5 Å². The number of aromatic nitrogens is 1. The van der Waals surface area contributed by atoms with Gasteiger partial charge in [-0.1, -0.05) is 72.0 Å². The molecule has 6 rings (SSSR count). The van der Waals surface area contributed by atoms with Crippen LogP contribution < -0.4 is 33.8 Å². The number of ether oxygens (including phenoxy) is 5. The number of nitrogens with zero attached hydrogens (tertiary/aromatic N) is 3. The van der Waals surface area contributed by atoms with E-state index in [1.54, 1.807) is 62.6 Å². The molecule has 0 unspecified atom stereocenters. The number of carbonyl (C=O) groups excluding carboxylic acids is 1. The SMILES string of the molecule is CCOC(=O)C1=C(c2ccccc2)N=c2s/c(=C\c3ccc(OCc4ccccc4C#N)c(OC)c3)c(=O)n2[C@@H]1c1ccc(OC)c(OC)c1. The molecule has 0 bridgehead atoms. The molecule has 5 aromatic rings. The maximum Gasteiger partial charge on any atom is 0.338 e. The molecular formula is C39H33N3O7S. The summed E-state index contributed by atoms with van der Waals surface area (Å²) < 4.78 is 30.2. The molecule has 0 amide bonds. The molecule has 0 aliphatic carbocycles. The van der Waals surface area contributed by atoms with E-state index in [0.29, 0.717) is 60.3 Å². The maximum atomic E-state index is 14.4. The first-order valence-corrected chi connectivity index (χ1v) is 16.5. The van der Waals surface area contributed by atoms with Crippen LogP contribution in [0.25, 0.3) is 11.8 Å². The minimum atomic E-state index is -0.885. The summed E-state index contributed by atoms with van der Waals surface area (Å²) in [7, 11) is 4.61. The Balaban J connectivity index is 1.49. The van der Waals surface area contributed by atoms with Crippen molar-refractivity contribution in [2.75, 3.05) is 27.9 Å². The lowest BCUT2D eigenvalue weighted by molar-refractivity contribution is -0.138. The van der Waals surface area contributed by atoms with Gasteiger partial charge in [-0.15, -0.1) is 0 Å². The summed E-state index contributed by atoms with van der Waals surface area (Å²) in [4.78, 5) is 33.5. The van der Waals surface area contributed by atoms with E-state index in [0.717, 1.165) is 5.56 Å². The molecule has 2 heterocycles. The van der Waals surface area contributed by atoms with E-state index >= 15 is 0 Å². The number of esters is 1. The number of thiazole rings is 1. The lowest BCUT2D eigenvalue weighted by atomic mass is 9.93. The van der Waals surface area contributed by atoms with Gasteiger partial charge in [0.15, 0.2) is 27.8 Å². The van der Waals surface area contributed by atoms with Crippen LogP contribution in [-0.2, 0) is 16.1 Å². The number of benzene rings is 4. The molecule has 0 radical (unpaired) electrons. The highest BCUT2D eigenvalue weighted by Gasteiger charge is 2.35. The van der Waals surface area contributed by atoms with Crippen LogP contribution in [0.3, 0.4) is 0 Å². The van der Waals surface area contributed by atoms with Crippen LogP contribution in [0.2, 0.25) is 0 Å². The van der Waals surface area contributed by atoms with Crippen LogP contribution in [0.4, 0.5) is 0 Å². The second kappa shape index (κ2) is 15.0. The van der Waals surface area contributed by atoms with E-state index in [4.69, 9.17) is 28.7 Å². The van der Waals surface area contributed by atoms with Crippen molar-refractivity contribution in [1.29, 1.82) is 5.26 Å². The fourth-order valence-electron chi connectivity index (χ4n) is 5.73. The van der Waals surface area contributed by atoms with Crippen molar-refractivity contribution in [3.05, 3.63) is 144 Å². The molecule has 0 saturated heterocycles. The first-order valence-electron chi connectivity index (χ1n) is 15.7. The van der Waals surface area contributed by atoms with Crippen molar-refractivity contribution >= 4 is 29.1 Å². The summed E-state index contributed by atoms with van der Waals surface area (Å²) in [6.07, 6.45) is 1.75. The van der Waals surface area contributed by atoms with Crippen LogP contribution in [0.1, 0.15) is 40.8 Å². The first kappa shape index (κ1) is 33.8. The molecule has 0 fully saturated rings. The Morgan fingerprint density at radius 2 is 1.60 bits per heavy atom. The average Bonchev–Trinajstić information content (AvgIpc) is 3.47. The number of hydrogen-bond acceptors (Lipinski definition) is 10. The van der Waals surface area contributed by atoms with Gasteiger partial charge < -0.3 is 23.7 Å². The third kappa shape index (κ3) is 6.61. The van der Waals surface area contributed by atoms with E-state index < -0.39 is 12.0 Å². The summed E-state index contributed by atoms with van der Waals surface area (Å²) in [6.45, 7) is 2.05. The van der Waals surface area contributed by atoms with E-state index in [1.165, 1.54) is 30.1 Å². The molecule has 4 aromatic carbocycles. The third-order valence-corrected chi connectivity index (χ3v) is 9.09. The highest BCUT2D eigenvalue weighted by atomic mass is 32.1. The van der Waals surface area contributed by atoms with Crippen molar-refractivity contribution in [3.63, 3.8) is 0 Å². The lowest BCUT2D eigenvalue weighted by Gasteiger charge is -2.26. The highest BCUT2D eigenvalue weighted by molar-refractivity contribution is 7.07. The summed E-state index contributed by atoms with van der Waals surface area (Å²) in [5, 5.41) is 9.44. The second-order valence-corrected chi connectivity index (χ2v) is 12.0. The van der Waals surface area contributed by atoms with Crippen LogP contribution in [-0.4, -0.2) is 38.5 Å². The second-order valence-electron chi connectivity index (χ2n) is 11.0.